The molecule has 1 aliphatic rings. The molecule has 17 heavy (non-hydrogen) atoms. The van der Waals surface area contributed by atoms with Gasteiger partial charge in [-0.3, -0.25) is 0 Å². The second-order valence-electron chi connectivity index (χ2n) is 5.06. The lowest BCUT2D eigenvalue weighted by molar-refractivity contribution is 0.112. The Kier molecular flexibility index (Phi) is 5.02. The zero-order valence-electron chi connectivity index (χ0n) is 10.4. The van der Waals surface area contributed by atoms with E-state index in [2.05, 4.69) is 35.6 Å². The molecule has 0 spiro atoms. The molecule has 1 fully saturated rings. The molecule has 0 aliphatic heterocycles. The first kappa shape index (κ1) is 12.6. The second kappa shape index (κ2) is 6.77. The molecule has 2 atom stereocenters. The zero-order valence-corrected chi connectivity index (χ0v) is 10.4. The first-order valence-electron chi connectivity index (χ1n) is 6.80. The van der Waals surface area contributed by atoms with Crippen LogP contribution in [-0.4, -0.2) is 23.8 Å². The fourth-order valence-corrected chi connectivity index (χ4v) is 2.59. The Morgan fingerprint density at radius 1 is 1.18 bits per heavy atom. The van der Waals surface area contributed by atoms with Gasteiger partial charge in [0.15, 0.2) is 0 Å². The average molecular weight is 233 g/mol. The summed E-state index contributed by atoms with van der Waals surface area (Å²) in [6, 6.07) is 11.2. The van der Waals surface area contributed by atoms with E-state index in [-0.39, 0.29) is 6.10 Å². The molecule has 0 heterocycles. The van der Waals surface area contributed by atoms with E-state index in [0.717, 1.165) is 32.2 Å². The fourth-order valence-electron chi connectivity index (χ4n) is 2.59. The van der Waals surface area contributed by atoms with Crippen molar-refractivity contribution in [3.63, 3.8) is 0 Å². The van der Waals surface area contributed by atoms with Gasteiger partial charge in [0.25, 0.3) is 0 Å². The Morgan fingerprint density at radius 3 is 2.76 bits per heavy atom. The van der Waals surface area contributed by atoms with E-state index in [9.17, 15) is 5.11 Å². The van der Waals surface area contributed by atoms with Crippen molar-refractivity contribution in [1.29, 1.82) is 0 Å². The summed E-state index contributed by atoms with van der Waals surface area (Å²) in [6.07, 6.45) is 6.56. The summed E-state index contributed by atoms with van der Waals surface area (Å²) in [7, 11) is 0. The van der Waals surface area contributed by atoms with Gasteiger partial charge in [-0.25, -0.2) is 0 Å². The van der Waals surface area contributed by atoms with Gasteiger partial charge in [0.1, 0.15) is 0 Å². The molecule has 2 N–H and O–H groups in total. The number of rotatable bonds is 5. The third kappa shape index (κ3) is 4.49. The number of aliphatic hydroxyl groups is 1. The van der Waals surface area contributed by atoms with Crippen LogP contribution in [0.3, 0.4) is 0 Å². The van der Waals surface area contributed by atoms with Crippen LogP contribution in [0.15, 0.2) is 30.3 Å². The first-order chi connectivity index (χ1) is 8.34. The van der Waals surface area contributed by atoms with E-state index in [1.54, 1.807) is 0 Å². The highest BCUT2D eigenvalue weighted by molar-refractivity contribution is 5.14. The summed E-state index contributed by atoms with van der Waals surface area (Å²) >= 11 is 0. The van der Waals surface area contributed by atoms with Crippen molar-refractivity contribution in [3.8, 4) is 0 Å². The summed E-state index contributed by atoms with van der Waals surface area (Å²) < 4.78 is 0. The number of aryl methyl sites for hydroxylation is 1. The molecule has 0 bridgehead atoms. The molecule has 0 aromatic heterocycles. The Hall–Kier alpha value is -0.860. The Balaban J connectivity index is 1.60. The maximum absolute atomic E-state index is 9.57. The first-order valence-corrected chi connectivity index (χ1v) is 6.80. The SMILES string of the molecule is OC1CCCC(NCCCc2ccccc2)C1. The van der Waals surface area contributed by atoms with Crippen molar-refractivity contribution in [2.24, 2.45) is 0 Å². The van der Waals surface area contributed by atoms with Crippen LogP contribution in [0.2, 0.25) is 0 Å². The van der Waals surface area contributed by atoms with E-state index in [1.807, 2.05) is 0 Å². The lowest BCUT2D eigenvalue weighted by Gasteiger charge is -2.26. The molecule has 1 aliphatic carbocycles. The molecule has 0 radical (unpaired) electrons. The molecule has 0 saturated heterocycles. The number of hydrogen-bond donors (Lipinski definition) is 2. The Morgan fingerprint density at radius 2 is 2.00 bits per heavy atom. The maximum atomic E-state index is 9.57. The summed E-state index contributed by atoms with van der Waals surface area (Å²) in [4.78, 5) is 0. The maximum Gasteiger partial charge on any atom is 0.0555 e. The number of benzene rings is 1. The van der Waals surface area contributed by atoms with E-state index >= 15 is 0 Å². The van der Waals surface area contributed by atoms with Crippen LogP contribution in [0.4, 0.5) is 0 Å². The third-order valence-electron chi connectivity index (χ3n) is 3.56. The van der Waals surface area contributed by atoms with Crippen molar-refractivity contribution < 1.29 is 5.11 Å². The van der Waals surface area contributed by atoms with Crippen LogP contribution in [0.1, 0.15) is 37.7 Å². The largest absolute Gasteiger partial charge is 0.393 e. The average Bonchev–Trinajstić information content (AvgIpc) is 2.36. The van der Waals surface area contributed by atoms with Crippen LogP contribution in [0.25, 0.3) is 0 Å². The molecule has 1 saturated carbocycles. The molecule has 1 aromatic carbocycles. The summed E-state index contributed by atoms with van der Waals surface area (Å²) in [5.74, 6) is 0. The lowest BCUT2D eigenvalue weighted by Crippen LogP contribution is -2.36. The lowest BCUT2D eigenvalue weighted by atomic mass is 9.93. The van der Waals surface area contributed by atoms with E-state index in [0.29, 0.717) is 6.04 Å². The second-order valence-corrected chi connectivity index (χ2v) is 5.06. The van der Waals surface area contributed by atoms with Crippen LogP contribution >= 0.6 is 0 Å². The highest BCUT2D eigenvalue weighted by Gasteiger charge is 2.18. The topological polar surface area (TPSA) is 32.3 Å². The highest BCUT2D eigenvalue weighted by Crippen LogP contribution is 2.18. The third-order valence-corrected chi connectivity index (χ3v) is 3.56. The Bertz CT molecular complexity index is 312. The van der Waals surface area contributed by atoms with Gasteiger partial charge in [0.05, 0.1) is 6.10 Å². The normalized spacial score (nSPS) is 24.8. The van der Waals surface area contributed by atoms with Crippen LogP contribution in [0.5, 0.6) is 0 Å². The number of hydrogen-bond acceptors (Lipinski definition) is 2. The summed E-state index contributed by atoms with van der Waals surface area (Å²) in [5, 5.41) is 13.1. The van der Waals surface area contributed by atoms with Crippen LogP contribution in [0, 0.1) is 0 Å². The van der Waals surface area contributed by atoms with Gasteiger partial charge >= 0.3 is 0 Å². The van der Waals surface area contributed by atoms with Crippen molar-refractivity contribution in [2.45, 2.75) is 50.7 Å². The molecule has 2 nitrogen and oxygen atoms in total. The molecule has 2 rings (SSSR count). The minimum absolute atomic E-state index is 0.0737. The summed E-state index contributed by atoms with van der Waals surface area (Å²) in [6.45, 7) is 1.06. The molecule has 94 valence electrons. The van der Waals surface area contributed by atoms with Gasteiger partial charge in [0, 0.05) is 6.04 Å². The number of nitrogens with one attached hydrogen (secondary N) is 1. The summed E-state index contributed by atoms with van der Waals surface area (Å²) in [5.41, 5.74) is 1.41. The van der Waals surface area contributed by atoms with E-state index < -0.39 is 0 Å². The predicted molar refractivity (Wildman–Crippen MR) is 71.0 cm³/mol. The van der Waals surface area contributed by atoms with Gasteiger partial charge in [-0.1, -0.05) is 30.3 Å². The number of aliphatic hydroxyl groups excluding tert-OH is 1. The molecule has 0 amide bonds. The molecular weight excluding hydrogens is 210 g/mol. The standard InChI is InChI=1S/C15H23NO/c17-15-10-4-9-14(12-15)16-11-5-8-13-6-2-1-3-7-13/h1-3,6-7,14-17H,4-5,8-12H2. The van der Waals surface area contributed by atoms with Gasteiger partial charge in [-0.05, 0) is 50.6 Å². The van der Waals surface area contributed by atoms with Crippen molar-refractivity contribution in [3.05, 3.63) is 35.9 Å². The fraction of sp³-hybridized carbons (Fsp3) is 0.600. The van der Waals surface area contributed by atoms with Crippen molar-refractivity contribution >= 4 is 0 Å². The Labute approximate surface area is 104 Å². The minimum atomic E-state index is -0.0737. The van der Waals surface area contributed by atoms with Gasteiger partial charge in [-0.2, -0.15) is 0 Å². The van der Waals surface area contributed by atoms with E-state index in [1.165, 1.54) is 18.4 Å². The van der Waals surface area contributed by atoms with Crippen molar-refractivity contribution in [2.75, 3.05) is 6.54 Å². The van der Waals surface area contributed by atoms with Crippen LogP contribution < -0.4 is 5.32 Å². The molecular formula is C15H23NO. The van der Waals surface area contributed by atoms with Gasteiger partial charge in [0.2, 0.25) is 0 Å². The highest BCUT2D eigenvalue weighted by atomic mass is 16.3. The zero-order chi connectivity index (χ0) is 11.9. The minimum Gasteiger partial charge on any atom is -0.393 e. The van der Waals surface area contributed by atoms with Crippen molar-refractivity contribution in [1.82, 2.24) is 5.32 Å². The quantitative estimate of drug-likeness (QED) is 0.766. The smallest absolute Gasteiger partial charge is 0.0555 e. The van der Waals surface area contributed by atoms with E-state index in [4.69, 9.17) is 0 Å². The monoisotopic (exact) mass is 233 g/mol. The molecule has 2 unspecified atom stereocenters. The molecule has 2 heteroatoms. The predicted octanol–water partition coefficient (Wildman–Crippen LogP) is 2.51. The van der Waals surface area contributed by atoms with Gasteiger partial charge in [-0.15, -0.1) is 0 Å². The van der Waals surface area contributed by atoms with Gasteiger partial charge < -0.3 is 10.4 Å². The van der Waals surface area contributed by atoms with Crippen LogP contribution in [-0.2, 0) is 6.42 Å². The molecule has 1 aromatic rings.